The standard InChI is InChI=1S/C7H12N2O7P2/c1-16-6-5(3-2-4-8-6)9-7(17(10,11)12)18(13,14)15/h2-4,7,9H,1H3,(H2,10,11,12)(H2,13,14,15). The molecule has 1 aromatic heterocycles. The van der Waals surface area contributed by atoms with Crippen LogP contribution in [0.25, 0.3) is 0 Å². The molecular weight excluding hydrogens is 286 g/mol. The zero-order valence-electron chi connectivity index (χ0n) is 9.16. The molecule has 0 saturated carbocycles. The van der Waals surface area contributed by atoms with Crippen molar-refractivity contribution >= 4 is 20.9 Å². The number of nitrogens with zero attached hydrogens (tertiary/aromatic N) is 1. The van der Waals surface area contributed by atoms with E-state index in [4.69, 9.17) is 24.3 Å². The number of hydrogen-bond donors (Lipinski definition) is 5. The molecule has 102 valence electrons. The Morgan fingerprint density at radius 3 is 2.28 bits per heavy atom. The highest BCUT2D eigenvalue weighted by atomic mass is 31.2. The van der Waals surface area contributed by atoms with Crippen LogP contribution in [0.15, 0.2) is 18.3 Å². The quantitative estimate of drug-likeness (QED) is 0.478. The zero-order chi connectivity index (χ0) is 14.0. The minimum Gasteiger partial charge on any atom is -0.480 e. The topological polar surface area (TPSA) is 149 Å². The van der Waals surface area contributed by atoms with Crippen LogP contribution in [0.1, 0.15) is 0 Å². The maximum atomic E-state index is 11.1. The maximum absolute atomic E-state index is 11.1. The van der Waals surface area contributed by atoms with E-state index >= 15 is 0 Å². The fourth-order valence-electron chi connectivity index (χ4n) is 1.17. The van der Waals surface area contributed by atoms with Gasteiger partial charge in [-0.3, -0.25) is 9.13 Å². The number of pyridine rings is 1. The molecule has 0 fully saturated rings. The third-order valence-corrected chi connectivity index (χ3v) is 5.22. The highest BCUT2D eigenvalue weighted by molar-refractivity contribution is 7.71. The second-order valence-corrected chi connectivity index (χ2v) is 7.05. The van der Waals surface area contributed by atoms with Crippen molar-refractivity contribution < 1.29 is 33.4 Å². The largest absolute Gasteiger partial charge is 0.480 e. The lowest BCUT2D eigenvalue weighted by molar-refractivity contribution is 0.343. The first kappa shape index (κ1) is 15.1. The van der Waals surface area contributed by atoms with Gasteiger partial charge in [0.2, 0.25) is 11.4 Å². The van der Waals surface area contributed by atoms with Crippen molar-refractivity contribution in [1.29, 1.82) is 0 Å². The summed E-state index contributed by atoms with van der Waals surface area (Å²) in [4.78, 5) is 39.5. The number of hydrogen-bond acceptors (Lipinski definition) is 5. The molecule has 0 saturated heterocycles. The van der Waals surface area contributed by atoms with Gasteiger partial charge in [0.1, 0.15) is 0 Å². The van der Waals surface area contributed by atoms with Gasteiger partial charge in [-0.15, -0.1) is 0 Å². The van der Waals surface area contributed by atoms with E-state index in [-0.39, 0.29) is 11.6 Å². The number of nitrogens with one attached hydrogen (secondary N) is 1. The molecule has 18 heavy (non-hydrogen) atoms. The van der Waals surface area contributed by atoms with Crippen molar-refractivity contribution in [2.45, 2.75) is 5.52 Å². The summed E-state index contributed by atoms with van der Waals surface area (Å²) >= 11 is 0. The second-order valence-electron chi connectivity index (χ2n) is 3.26. The molecule has 0 spiro atoms. The van der Waals surface area contributed by atoms with E-state index in [1.807, 2.05) is 0 Å². The molecule has 0 radical (unpaired) electrons. The SMILES string of the molecule is COc1ncccc1NC(P(=O)(O)O)P(=O)(O)O. The van der Waals surface area contributed by atoms with E-state index in [0.29, 0.717) is 0 Å². The Morgan fingerprint density at radius 1 is 1.28 bits per heavy atom. The maximum Gasteiger partial charge on any atom is 0.360 e. The Kier molecular flexibility index (Phi) is 4.50. The fraction of sp³-hybridized carbons (Fsp3) is 0.286. The molecule has 1 aromatic rings. The van der Waals surface area contributed by atoms with Crippen molar-refractivity contribution in [2.75, 3.05) is 12.4 Å². The zero-order valence-corrected chi connectivity index (χ0v) is 11.0. The van der Waals surface area contributed by atoms with Gasteiger partial charge in [0.15, 0.2) is 0 Å². The fourth-order valence-corrected chi connectivity index (χ4v) is 3.35. The molecule has 1 rings (SSSR count). The molecule has 0 atom stereocenters. The Balaban J connectivity index is 3.13. The van der Waals surface area contributed by atoms with Gasteiger partial charge in [-0.05, 0) is 12.1 Å². The smallest absolute Gasteiger partial charge is 0.360 e. The van der Waals surface area contributed by atoms with Gasteiger partial charge in [-0.25, -0.2) is 4.98 Å². The number of ether oxygens (including phenoxy) is 1. The lowest BCUT2D eigenvalue weighted by Crippen LogP contribution is -2.20. The highest BCUT2D eigenvalue weighted by Gasteiger charge is 2.43. The van der Waals surface area contributed by atoms with Crippen LogP contribution in [0, 0.1) is 0 Å². The molecule has 1 heterocycles. The summed E-state index contributed by atoms with van der Waals surface area (Å²) in [6, 6.07) is 2.74. The summed E-state index contributed by atoms with van der Waals surface area (Å²) in [5.41, 5.74) is -2.38. The molecule has 9 nitrogen and oxygen atoms in total. The number of anilines is 1. The molecular formula is C7H12N2O7P2. The van der Waals surface area contributed by atoms with Gasteiger partial charge < -0.3 is 29.6 Å². The molecule has 0 aliphatic rings. The minimum atomic E-state index is -5.05. The average molecular weight is 298 g/mol. The Labute approximate surface area is 102 Å². The lowest BCUT2D eigenvalue weighted by atomic mass is 10.4. The first-order valence-corrected chi connectivity index (χ1v) is 7.88. The predicted molar refractivity (Wildman–Crippen MR) is 62.3 cm³/mol. The van der Waals surface area contributed by atoms with Crippen molar-refractivity contribution in [3.63, 3.8) is 0 Å². The molecule has 0 aliphatic carbocycles. The van der Waals surface area contributed by atoms with Crippen molar-refractivity contribution in [3.05, 3.63) is 18.3 Å². The van der Waals surface area contributed by atoms with Crippen LogP contribution >= 0.6 is 15.2 Å². The van der Waals surface area contributed by atoms with Crippen molar-refractivity contribution in [2.24, 2.45) is 0 Å². The van der Waals surface area contributed by atoms with E-state index in [1.165, 1.54) is 25.4 Å². The van der Waals surface area contributed by atoms with Crippen molar-refractivity contribution in [3.8, 4) is 5.88 Å². The van der Waals surface area contributed by atoms with Crippen LogP contribution in [0.5, 0.6) is 5.88 Å². The first-order chi connectivity index (χ1) is 8.16. The van der Waals surface area contributed by atoms with E-state index in [2.05, 4.69) is 10.3 Å². The normalized spacial score (nSPS) is 12.6. The first-order valence-electron chi connectivity index (χ1n) is 4.52. The monoisotopic (exact) mass is 298 g/mol. The molecule has 0 aromatic carbocycles. The Bertz CT molecular complexity index is 488. The van der Waals surface area contributed by atoms with Crippen LogP contribution in [-0.2, 0) is 9.13 Å². The van der Waals surface area contributed by atoms with E-state index in [9.17, 15) is 9.13 Å². The second kappa shape index (κ2) is 5.36. The average Bonchev–Trinajstić information content (AvgIpc) is 2.23. The number of methoxy groups -OCH3 is 1. The van der Waals surface area contributed by atoms with Crippen molar-refractivity contribution in [1.82, 2.24) is 4.98 Å². The van der Waals surface area contributed by atoms with Crippen LogP contribution in [0.2, 0.25) is 0 Å². The molecule has 11 heteroatoms. The number of aromatic nitrogens is 1. The van der Waals surface area contributed by atoms with E-state index < -0.39 is 20.7 Å². The molecule has 0 amide bonds. The van der Waals surface area contributed by atoms with Gasteiger partial charge in [0.05, 0.1) is 12.8 Å². The van der Waals surface area contributed by atoms with Crippen LogP contribution in [0.4, 0.5) is 5.69 Å². The molecule has 0 unspecified atom stereocenters. The van der Waals surface area contributed by atoms with E-state index in [1.54, 1.807) is 0 Å². The Morgan fingerprint density at radius 2 is 1.83 bits per heavy atom. The molecule has 0 bridgehead atoms. The number of rotatable bonds is 5. The summed E-state index contributed by atoms with van der Waals surface area (Å²) in [6.07, 6.45) is 1.36. The summed E-state index contributed by atoms with van der Waals surface area (Å²) in [7, 11) is -8.84. The highest BCUT2D eigenvalue weighted by Crippen LogP contribution is 2.59. The van der Waals surface area contributed by atoms with Gasteiger partial charge in [0.25, 0.3) is 0 Å². The van der Waals surface area contributed by atoms with Gasteiger partial charge in [-0.2, -0.15) is 0 Å². The Hall–Kier alpha value is -0.950. The van der Waals surface area contributed by atoms with Crippen LogP contribution in [0.3, 0.4) is 0 Å². The van der Waals surface area contributed by atoms with Crippen LogP contribution < -0.4 is 10.1 Å². The third kappa shape index (κ3) is 3.78. The third-order valence-electron chi connectivity index (χ3n) is 1.89. The predicted octanol–water partition coefficient (Wildman–Crippen LogP) is 0.141. The lowest BCUT2D eigenvalue weighted by Gasteiger charge is -2.22. The summed E-state index contributed by atoms with van der Waals surface area (Å²) in [5.74, 6) is -0.0376. The van der Waals surface area contributed by atoms with Gasteiger partial charge in [-0.1, -0.05) is 0 Å². The summed E-state index contributed by atoms with van der Waals surface area (Å²) < 4.78 is 26.9. The molecule has 0 aliphatic heterocycles. The van der Waals surface area contributed by atoms with Crippen LogP contribution in [-0.4, -0.2) is 37.2 Å². The summed E-state index contributed by atoms with van der Waals surface area (Å²) in [6.45, 7) is 0. The van der Waals surface area contributed by atoms with Gasteiger partial charge in [0, 0.05) is 6.20 Å². The summed E-state index contributed by atoms with van der Waals surface area (Å²) in [5, 5.41) is 2.06. The molecule has 5 N–H and O–H groups in total. The van der Waals surface area contributed by atoms with E-state index in [0.717, 1.165) is 0 Å². The minimum absolute atomic E-state index is 0.0309. The van der Waals surface area contributed by atoms with Gasteiger partial charge >= 0.3 is 15.2 Å².